The summed E-state index contributed by atoms with van der Waals surface area (Å²) in [6.45, 7) is 5.99. The Balaban J connectivity index is 2.55. The van der Waals surface area contributed by atoms with Crippen LogP contribution in [0.3, 0.4) is 0 Å². The number of ether oxygens (including phenoxy) is 4. The second-order valence-corrected chi connectivity index (χ2v) is 6.72. The van der Waals surface area contributed by atoms with E-state index in [1.54, 1.807) is 19.1 Å². The summed E-state index contributed by atoms with van der Waals surface area (Å²) in [5, 5.41) is 12.8. The Morgan fingerprint density at radius 1 is 1.11 bits per heavy atom. The quantitative estimate of drug-likeness (QED) is 0.519. The first kappa shape index (κ1) is 21.4. The maximum atomic E-state index is 12.8. The number of H-pyrrole nitrogens is 1. The van der Waals surface area contributed by atoms with Gasteiger partial charge in [0.25, 0.3) is 5.69 Å². The summed E-state index contributed by atoms with van der Waals surface area (Å²) >= 11 is 0. The van der Waals surface area contributed by atoms with Gasteiger partial charge in [0.05, 0.1) is 27.9 Å². The van der Waals surface area contributed by atoms with Gasteiger partial charge in [-0.15, -0.1) is 4.73 Å². The van der Waals surface area contributed by atoms with Gasteiger partial charge < -0.3 is 29.1 Å². The first-order chi connectivity index (χ1) is 13.4. The molecule has 28 heavy (non-hydrogen) atoms. The molecule has 0 unspecified atom stereocenters. The van der Waals surface area contributed by atoms with E-state index in [9.17, 15) is 10.0 Å². The molecular formula is C20H28N2O6. The lowest BCUT2D eigenvalue weighted by Gasteiger charge is -2.16. The fraction of sp³-hybridized carbons (Fsp3) is 0.500. The van der Waals surface area contributed by atoms with Gasteiger partial charge in [-0.1, -0.05) is 13.8 Å². The van der Waals surface area contributed by atoms with Crippen LogP contribution in [0.5, 0.6) is 23.1 Å². The normalized spacial score (nSPS) is 10.8. The molecule has 0 amide bonds. The van der Waals surface area contributed by atoms with Crippen LogP contribution in [0.1, 0.15) is 37.7 Å². The molecule has 1 heterocycles. The van der Waals surface area contributed by atoms with Gasteiger partial charge in [-0.3, -0.25) is 4.79 Å². The number of hydrogen-bond donors (Lipinski definition) is 1. The molecule has 0 atom stereocenters. The molecule has 1 aromatic carbocycles. The first-order valence-electron chi connectivity index (χ1n) is 9.15. The van der Waals surface area contributed by atoms with E-state index < -0.39 is 5.56 Å². The van der Waals surface area contributed by atoms with Crippen molar-refractivity contribution in [1.82, 2.24) is 4.98 Å². The van der Waals surface area contributed by atoms with Crippen molar-refractivity contribution in [2.24, 2.45) is 5.92 Å². The average Bonchev–Trinajstić information content (AvgIpc) is 2.67. The summed E-state index contributed by atoms with van der Waals surface area (Å²) in [7, 11) is 4.58. The summed E-state index contributed by atoms with van der Waals surface area (Å²) in [6.07, 6.45) is 0.620. The third-order valence-corrected chi connectivity index (χ3v) is 4.20. The second-order valence-electron chi connectivity index (χ2n) is 6.72. The molecular weight excluding hydrogens is 364 g/mol. The predicted octanol–water partition coefficient (Wildman–Crippen LogP) is 2.22. The lowest BCUT2D eigenvalue weighted by Crippen LogP contribution is -2.43. The molecule has 8 nitrogen and oxygen atoms in total. The zero-order valence-corrected chi connectivity index (χ0v) is 17.3. The topological polar surface area (TPSA) is 96.7 Å². The monoisotopic (exact) mass is 392 g/mol. The Morgan fingerprint density at radius 3 is 2.18 bits per heavy atom. The fourth-order valence-electron chi connectivity index (χ4n) is 3.01. The minimum atomic E-state index is -0.408. The lowest BCUT2D eigenvalue weighted by atomic mass is 10.1. The van der Waals surface area contributed by atoms with Crippen molar-refractivity contribution in [1.29, 1.82) is 0 Å². The summed E-state index contributed by atoms with van der Waals surface area (Å²) in [4.78, 5) is 15.3. The summed E-state index contributed by atoms with van der Waals surface area (Å²) in [6, 6.07) is 3.54. The van der Waals surface area contributed by atoms with Crippen LogP contribution < -0.4 is 29.2 Å². The number of nitrogens with one attached hydrogen (secondary N) is 1. The van der Waals surface area contributed by atoms with Crippen molar-refractivity contribution >= 4 is 0 Å². The van der Waals surface area contributed by atoms with Gasteiger partial charge in [-0.25, -0.2) is 0 Å². The van der Waals surface area contributed by atoms with Crippen LogP contribution in [0.15, 0.2) is 16.9 Å². The highest BCUT2D eigenvalue weighted by Gasteiger charge is 2.25. The number of rotatable bonds is 9. The fourth-order valence-corrected chi connectivity index (χ4v) is 3.01. The number of aromatic nitrogens is 2. The molecule has 8 heteroatoms. The number of hydrogen-bond acceptors (Lipinski definition) is 6. The molecule has 154 valence electrons. The van der Waals surface area contributed by atoms with Gasteiger partial charge in [0.1, 0.15) is 5.69 Å². The van der Waals surface area contributed by atoms with Crippen LogP contribution in [0.25, 0.3) is 0 Å². The largest absolute Gasteiger partial charge is 0.616 e. The van der Waals surface area contributed by atoms with E-state index in [0.29, 0.717) is 40.7 Å². The van der Waals surface area contributed by atoms with Crippen molar-refractivity contribution in [3.05, 3.63) is 44.6 Å². The van der Waals surface area contributed by atoms with E-state index in [-0.39, 0.29) is 23.9 Å². The Kier molecular flexibility index (Phi) is 7.14. The molecule has 0 spiro atoms. The van der Waals surface area contributed by atoms with Gasteiger partial charge >= 0.3 is 11.4 Å². The van der Waals surface area contributed by atoms with Crippen LogP contribution in [-0.2, 0) is 12.8 Å². The SMILES string of the molecule is CCOc1c(Cc2cc(OC)c(OC)c(OC)c2)[nH]c(=O)c(CC(C)C)[n+]1[O-]. The highest BCUT2D eigenvalue weighted by Crippen LogP contribution is 2.38. The van der Waals surface area contributed by atoms with E-state index in [2.05, 4.69) is 4.98 Å². The predicted molar refractivity (Wildman–Crippen MR) is 105 cm³/mol. The zero-order valence-electron chi connectivity index (χ0n) is 17.3. The molecule has 0 bridgehead atoms. The van der Waals surface area contributed by atoms with Crippen LogP contribution in [0, 0.1) is 11.1 Å². The van der Waals surface area contributed by atoms with Crippen molar-refractivity contribution in [3.63, 3.8) is 0 Å². The second kappa shape index (κ2) is 9.34. The third kappa shape index (κ3) is 4.49. The first-order valence-corrected chi connectivity index (χ1v) is 9.15. The molecule has 2 rings (SSSR count). The standard InChI is InChI=1S/C20H28N2O6/c1-7-28-20-14(21-19(23)15(22(20)24)8-12(2)3)9-13-10-16(25-4)18(27-6)17(11-13)26-5/h10-12H,7-9H2,1-6H3,(H,21,23). The molecule has 0 fully saturated rings. The van der Waals surface area contributed by atoms with E-state index in [1.165, 1.54) is 21.3 Å². The molecule has 0 aliphatic rings. The van der Waals surface area contributed by atoms with Gasteiger partial charge in [0.15, 0.2) is 11.5 Å². The van der Waals surface area contributed by atoms with E-state index in [4.69, 9.17) is 18.9 Å². The maximum absolute atomic E-state index is 12.8. The molecule has 0 saturated heterocycles. The van der Waals surface area contributed by atoms with Crippen molar-refractivity contribution in [2.75, 3.05) is 27.9 Å². The molecule has 2 aromatic rings. The third-order valence-electron chi connectivity index (χ3n) is 4.20. The molecule has 1 aromatic heterocycles. The van der Waals surface area contributed by atoms with E-state index in [0.717, 1.165) is 5.56 Å². The Bertz CT molecular complexity index is 851. The van der Waals surface area contributed by atoms with Crippen LogP contribution in [0.4, 0.5) is 0 Å². The molecule has 0 saturated carbocycles. The average molecular weight is 392 g/mol. The number of methoxy groups -OCH3 is 3. The Morgan fingerprint density at radius 2 is 1.71 bits per heavy atom. The van der Waals surface area contributed by atoms with Gasteiger partial charge in [0.2, 0.25) is 5.75 Å². The van der Waals surface area contributed by atoms with Crippen LogP contribution in [-0.4, -0.2) is 32.9 Å². The van der Waals surface area contributed by atoms with E-state index in [1.807, 2.05) is 13.8 Å². The highest BCUT2D eigenvalue weighted by molar-refractivity contribution is 5.54. The van der Waals surface area contributed by atoms with E-state index >= 15 is 0 Å². The smallest absolute Gasteiger partial charge is 0.400 e. The van der Waals surface area contributed by atoms with Crippen molar-refractivity contribution in [3.8, 4) is 23.1 Å². The number of nitrogens with zero attached hydrogens (tertiary/aromatic N) is 1. The minimum absolute atomic E-state index is 0.103. The Hall–Kier alpha value is -2.90. The molecule has 0 aliphatic heterocycles. The van der Waals surface area contributed by atoms with Crippen molar-refractivity contribution in [2.45, 2.75) is 33.6 Å². The van der Waals surface area contributed by atoms with Crippen molar-refractivity contribution < 1.29 is 23.7 Å². The number of benzene rings is 1. The summed E-state index contributed by atoms with van der Waals surface area (Å²) < 4.78 is 22.2. The molecule has 1 N–H and O–H groups in total. The summed E-state index contributed by atoms with van der Waals surface area (Å²) in [5.74, 6) is 1.72. The maximum Gasteiger partial charge on any atom is 0.400 e. The van der Waals surface area contributed by atoms with Gasteiger partial charge in [-0.2, -0.15) is 0 Å². The minimum Gasteiger partial charge on any atom is -0.616 e. The highest BCUT2D eigenvalue weighted by atomic mass is 16.6. The van der Waals surface area contributed by atoms with Gasteiger partial charge in [-0.05, 0) is 30.5 Å². The number of aromatic amines is 1. The summed E-state index contributed by atoms with van der Waals surface area (Å²) in [5.41, 5.74) is 0.896. The molecule has 0 aliphatic carbocycles. The Labute approximate surface area is 164 Å². The molecule has 0 radical (unpaired) electrons. The lowest BCUT2D eigenvalue weighted by molar-refractivity contribution is -0.623. The van der Waals surface area contributed by atoms with Gasteiger partial charge in [0, 0.05) is 12.8 Å². The van der Waals surface area contributed by atoms with Crippen LogP contribution >= 0.6 is 0 Å². The zero-order chi connectivity index (χ0) is 20.8. The van der Waals surface area contributed by atoms with Crippen LogP contribution in [0.2, 0.25) is 0 Å².